The number of carbonyl (C=O) groups excluding carboxylic acids is 4. The van der Waals surface area contributed by atoms with Gasteiger partial charge in [-0.3, -0.25) is 19.2 Å². The molecule has 1 aromatic rings. The summed E-state index contributed by atoms with van der Waals surface area (Å²) in [7, 11) is 0. The summed E-state index contributed by atoms with van der Waals surface area (Å²) >= 11 is 3.69. The summed E-state index contributed by atoms with van der Waals surface area (Å²) in [6.07, 6.45) is 2.82. The van der Waals surface area contributed by atoms with Crippen molar-refractivity contribution in [1.82, 2.24) is 15.1 Å². The molecule has 4 rings (SSSR count). The van der Waals surface area contributed by atoms with Gasteiger partial charge in [-0.2, -0.15) is 0 Å². The Morgan fingerprint density at radius 3 is 2.47 bits per heavy atom. The second-order valence-electron chi connectivity index (χ2n) is 13.3. The number of rotatable bonds is 13. The number of benzene rings is 1. The maximum absolute atomic E-state index is 14.4. The first-order valence-electron chi connectivity index (χ1n) is 15.6. The van der Waals surface area contributed by atoms with E-state index in [0.29, 0.717) is 18.4 Å². The monoisotopic (exact) mass is 687 g/mol. The van der Waals surface area contributed by atoms with Gasteiger partial charge >= 0.3 is 5.97 Å². The van der Waals surface area contributed by atoms with Crippen molar-refractivity contribution in [1.29, 1.82) is 0 Å². The molecule has 2 N–H and O–H groups in total. The van der Waals surface area contributed by atoms with Crippen LogP contribution in [0.25, 0.3) is 0 Å². The van der Waals surface area contributed by atoms with E-state index in [1.807, 2.05) is 51.1 Å². The normalized spacial score (nSPS) is 29.0. The molecule has 3 aliphatic rings. The number of aliphatic hydroxyl groups excluding tert-OH is 1. The Balaban J connectivity index is 1.72. The van der Waals surface area contributed by atoms with Crippen molar-refractivity contribution < 1.29 is 33.8 Å². The number of likely N-dealkylation sites (tertiary alicyclic amines) is 1. The van der Waals surface area contributed by atoms with E-state index >= 15 is 0 Å². The number of hydrogen-bond acceptors (Lipinski definition) is 7. The summed E-state index contributed by atoms with van der Waals surface area (Å²) in [6.45, 7) is 16.5. The smallest absolute Gasteiger partial charge is 0.313 e. The summed E-state index contributed by atoms with van der Waals surface area (Å²) in [5.74, 6) is -3.61. The number of halogens is 1. The molecule has 3 fully saturated rings. The number of fused-ring (bicyclic) bond motifs is 1. The molecule has 1 spiro atoms. The average Bonchev–Trinajstić information content (AvgIpc) is 3.59. The van der Waals surface area contributed by atoms with Crippen molar-refractivity contribution in [2.24, 2.45) is 11.8 Å². The summed E-state index contributed by atoms with van der Waals surface area (Å²) in [6, 6.07) is 6.77. The van der Waals surface area contributed by atoms with Crippen LogP contribution in [-0.2, 0) is 28.7 Å². The average molecular weight is 689 g/mol. The third kappa shape index (κ3) is 6.49. The van der Waals surface area contributed by atoms with Gasteiger partial charge in [0.15, 0.2) is 0 Å². The van der Waals surface area contributed by atoms with Crippen LogP contribution in [0, 0.1) is 11.8 Å². The quantitative estimate of drug-likeness (QED) is 0.184. The van der Waals surface area contributed by atoms with Gasteiger partial charge in [0, 0.05) is 23.3 Å². The first kappa shape index (κ1) is 34.8. The molecule has 45 heavy (non-hydrogen) atoms. The highest BCUT2D eigenvalue weighted by atomic mass is 79.9. The van der Waals surface area contributed by atoms with E-state index in [4.69, 9.17) is 9.47 Å². The Labute approximate surface area is 274 Å². The van der Waals surface area contributed by atoms with Gasteiger partial charge in [0.1, 0.15) is 17.7 Å². The minimum atomic E-state index is -1.31. The number of ether oxygens (including phenoxy) is 2. The van der Waals surface area contributed by atoms with E-state index in [9.17, 15) is 24.3 Å². The Bertz CT molecular complexity index is 1300. The van der Waals surface area contributed by atoms with E-state index < -0.39 is 65.2 Å². The molecule has 3 aliphatic heterocycles. The van der Waals surface area contributed by atoms with Crippen LogP contribution in [0.5, 0.6) is 0 Å². The molecule has 3 heterocycles. The summed E-state index contributed by atoms with van der Waals surface area (Å²) < 4.78 is 12.8. The lowest BCUT2D eigenvalue weighted by molar-refractivity contribution is -0.162. The van der Waals surface area contributed by atoms with E-state index in [1.54, 1.807) is 30.9 Å². The van der Waals surface area contributed by atoms with Crippen LogP contribution in [0.1, 0.15) is 65.5 Å². The van der Waals surface area contributed by atoms with Crippen LogP contribution in [0.4, 0.5) is 0 Å². The largest absolute Gasteiger partial charge is 0.455 e. The minimum absolute atomic E-state index is 0.203. The molecule has 0 aliphatic carbocycles. The molecule has 0 saturated carbocycles. The van der Waals surface area contributed by atoms with Crippen LogP contribution in [0.3, 0.4) is 0 Å². The van der Waals surface area contributed by atoms with Crippen LogP contribution in [0.2, 0.25) is 0 Å². The zero-order valence-corrected chi connectivity index (χ0v) is 28.4. The fourth-order valence-electron chi connectivity index (χ4n) is 7.09. The highest BCUT2D eigenvalue weighted by molar-refractivity contribution is 9.09. The number of aliphatic hydroxyl groups is 1. The van der Waals surface area contributed by atoms with E-state index in [1.165, 1.54) is 4.90 Å². The van der Waals surface area contributed by atoms with Gasteiger partial charge in [-0.15, -0.1) is 13.2 Å². The zero-order chi connectivity index (χ0) is 33.3. The van der Waals surface area contributed by atoms with Crippen LogP contribution >= 0.6 is 15.9 Å². The minimum Gasteiger partial charge on any atom is -0.455 e. The van der Waals surface area contributed by atoms with Crippen molar-refractivity contribution in [2.45, 2.75) is 100 Å². The lowest BCUT2D eigenvalue weighted by atomic mass is 9.70. The van der Waals surface area contributed by atoms with Crippen molar-refractivity contribution in [3.05, 3.63) is 61.2 Å². The van der Waals surface area contributed by atoms with Gasteiger partial charge in [0.25, 0.3) is 0 Å². The predicted molar refractivity (Wildman–Crippen MR) is 173 cm³/mol. The Morgan fingerprint density at radius 1 is 1.22 bits per heavy atom. The zero-order valence-electron chi connectivity index (χ0n) is 26.8. The summed E-state index contributed by atoms with van der Waals surface area (Å²) in [4.78, 5) is 58.4. The molecule has 1 aromatic carbocycles. The molecule has 0 radical (unpaired) electrons. The second kappa shape index (κ2) is 13.8. The van der Waals surface area contributed by atoms with Gasteiger partial charge in [-0.05, 0) is 53.0 Å². The van der Waals surface area contributed by atoms with Crippen molar-refractivity contribution in [2.75, 3.05) is 13.2 Å². The highest BCUT2D eigenvalue weighted by Crippen LogP contribution is 2.61. The molecule has 2 bridgehead atoms. The molecule has 0 aromatic heterocycles. The van der Waals surface area contributed by atoms with E-state index in [0.717, 1.165) is 0 Å². The summed E-state index contributed by atoms with van der Waals surface area (Å²) in [5.41, 5.74) is -1.23. The Hall–Kier alpha value is -3.02. The van der Waals surface area contributed by atoms with Gasteiger partial charge in [0.2, 0.25) is 17.7 Å². The van der Waals surface area contributed by atoms with Crippen LogP contribution in [-0.4, -0.2) is 91.9 Å². The van der Waals surface area contributed by atoms with E-state index in [2.05, 4.69) is 34.4 Å². The standard InChI is InChI=1S/C34H46BrN3O7/c1-8-10-16-24(40)36-21(4)27(22-14-12-11-13-15-22)44-32(43)25-26-30(41)38(20(3)19-39)29(34(26)18-23(35)28(25)45-34)31(42)37(17-9-2)33(5,6)7/h8-9,11-15,20-21,23,25-29,39H,1-2,10,16-19H2,3-7H3,(H,36,40)/t20-,21-,23?,25-,26+,27-,28-,29-,34+/m1/s1. The number of hydrogen-bond donors (Lipinski definition) is 2. The maximum Gasteiger partial charge on any atom is 0.313 e. The van der Waals surface area contributed by atoms with Gasteiger partial charge in [-0.1, -0.05) is 58.4 Å². The first-order chi connectivity index (χ1) is 21.2. The number of allylic oxidation sites excluding steroid dienone is 1. The maximum atomic E-state index is 14.4. The van der Waals surface area contributed by atoms with Gasteiger partial charge in [0.05, 0.1) is 36.6 Å². The number of nitrogens with one attached hydrogen (secondary N) is 1. The second-order valence-corrected chi connectivity index (χ2v) is 14.5. The molecule has 9 atom stereocenters. The van der Waals surface area contributed by atoms with Gasteiger partial charge < -0.3 is 29.7 Å². The van der Waals surface area contributed by atoms with Crippen molar-refractivity contribution in [3.8, 4) is 0 Å². The molecule has 3 amide bonds. The molecular formula is C34H46BrN3O7. The Morgan fingerprint density at radius 2 is 1.89 bits per heavy atom. The van der Waals surface area contributed by atoms with Crippen molar-refractivity contribution in [3.63, 3.8) is 0 Å². The number of amides is 3. The lowest BCUT2D eigenvalue weighted by Gasteiger charge is -2.43. The molecule has 3 saturated heterocycles. The number of esters is 1. The fourth-order valence-corrected chi connectivity index (χ4v) is 8.03. The number of nitrogens with zero attached hydrogens (tertiary/aromatic N) is 2. The molecule has 1 unspecified atom stereocenters. The predicted octanol–water partition coefficient (Wildman–Crippen LogP) is 3.68. The molecular weight excluding hydrogens is 642 g/mol. The molecule has 10 nitrogen and oxygen atoms in total. The molecule has 246 valence electrons. The Kier molecular flexibility index (Phi) is 10.7. The molecule has 11 heteroatoms. The SMILES string of the molecule is C=CCCC(=O)N[C@H](C)[C@@H](OC(=O)[C@H]1[C@@H]2O[C@@]3(CC2Br)[C@@H]1C(=O)N([C@H](C)CO)[C@@H]3C(=O)N(CC=C)C(C)(C)C)c1ccccc1. The summed E-state index contributed by atoms with van der Waals surface area (Å²) in [5, 5.41) is 13.1. The van der Waals surface area contributed by atoms with Crippen LogP contribution in [0.15, 0.2) is 55.6 Å². The lowest BCUT2D eigenvalue weighted by Crippen LogP contribution is -2.61. The fraction of sp³-hybridized carbons (Fsp3) is 0.588. The van der Waals surface area contributed by atoms with E-state index in [-0.39, 0.29) is 36.2 Å². The number of carbonyl (C=O) groups is 4. The van der Waals surface area contributed by atoms with Crippen molar-refractivity contribution >= 4 is 39.6 Å². The third-order valence-electron chi connectivity index (χ3n) is 9.15. The van der Waals surface area contributed by atoms with Gasteiger partial charge in [-0.25, -0.2) is 0 Å². The topological polar surface area (TPSA) is 125 Å². The first-order valence-corrected chi connectivity index (χ1v) is 16.5. The third-order valence-corrected chi connectivity index (χ3v) is 9.99. The van der Waals surface area contributed by atoms with Crippen LogP contribution < -0.4 is 5.32 Å². The highest BCUT2D eigenvalue weighted by Gasteiger charge is 2.77. The number of alkyl halides is 1.